The van der Waals surface area contributed by atoms with Crippen molar-refractivity contribution in [3.63, 3.8) is 0 Å². The molecule has 1 amide bonds. The van der Waals surface area contributed by atoms with Crippen LogP contribution in [0.3, 0.4) is 0 Å². The first-order valence-corrected chi connectivity index (χ1v) is 7.77. The molecule has 0 radical (unpaired) electrons. The number of carboxylic acids is 1. The van der Waals surface area contributed by atoms with Crippen molar-refractivity contribution in [1.29, 1.82) is 0 Å². The summed E-state index contributed by atoms with van der Waals surface area (Å²) in [7, 11) is 0. The van der Waals surface area contributed by atoms with Crippen molar-refractivity contribution < 1.29 is 19.4 Å². The molecular weight excluding hydrogens is 296 g/mol. The highest BCUT2D eigenvalue weighted by atomic mass is 16.6. The van der Waals surface area contributed by atoms with Gasteiger partial charge in [-0.05, 0) is 45.7 Å². The number of hydrogen-bond acceptors (Lipinski definition) is 4. The zero-order valence-corrected chi connectivity index (χ0v) is 13.8. The van der Waals surface area contributed by atoms with Gasteiger partial charge >= 0.3 is 12.1 Å². The number of rotatable bonds is 4. The van der Waals surface area contributed by atoms with Crippen molar-refractivity contribution in [3.8, 4) is 0 Å². The molecule has 0 spiro atoms. The highest BCUT2D eigenvalue weighted by Crippen LogP contribution is 2.28. The fourth-order valence-corrected chi connectivity index (χ4v) is 2.69. The van der Waals surface area contributed by atoms with Gasteiger partial charge < -0.3 is 9.84 Å². The second-order valence-corrected chi connectivity index (χ2v) is 6.75. The SMILES string of the molecule is CC(C)(C)OC(=O)N(Cc1ccccc1)[C@@]1(C(=O)O)CCCN1. The van der Waals surface area contributed by atoms with Gasteiger partial charge in [-0.1, -0.05) is 30.3 Å². The van der Waals surface area contributed by atoms with Crippen LogP contribution in [-0.4, -0.2) is 39.9 Å². The number of aliphatic carboxylic acids is 1. The van der Waals surface area contributed by atoms with Crippen LogP contribution < -0.4 is 5.32 Å². The summed E-state index contributed by atoms with van der Waals surface area (Å²) in [6, 6.07) is 9.32. The quantitative estimate of drug-likeness (QED) is 0.891. The van der Waals surface area contributed by atoms with Gasteiger partial charge in [0.2, 0.25) is 0 Å². The number of carbonyl (C=O) groups is 2. The molecule has 0 saturated carbocycles. The van der Waals surface area contributed by atoms with Crippen LogP contribution in [0.15, 0.2) is 30.3 Å². The molecule has 0 aliphatic carbocycles. The Morgan fingerprint density at radius 1 is 1.30 bits per heavy atom. The van der Waals surface area contributed by atoms with Gasteiger partial charge in [0.1, 0.15) is 5.60 Å². The van der Waals surface area contributed by atoms with Crippen LogP contribution in [0.5, 0.6) is 0 Å². The van der Waals surface area contributed by atoms with Crippen LogP contribution >= 0.6 is 0 Å². The molecule has 1 aromatic carbocycles. The van der Waals surface area contributed by atoms with E-state index in [1.165, 1.54) is 4.90 Å². The molecule has 23 heavy (non-hydrogen) atoms. The maximum atomic E-state index is 12.7. The Morgan fingerprint density at radius 2 is 1.96 bits per heavy atom. The number of carbonyl (C=O) groups excluding carboxylic acids is 1. The van der Waals surface area contributed by atoms with E-state index in [-0.39, 0.29) is 6.54 Å². The lowest BCUT2D eigenvalue weighted by Gasteiger charge is -2.38. The summed E-state index contributed by atoms with van der Waals surface area (Å²) >= 11 is 0. The van der Waals surface area contributed by atoms with Gasteiger partial charge in [0.15, 0.2) is 5.66 Å². The van der Waals surface area contributed by atoms with Gasteiger partial charge in [0.25, 0.3) is 0 Å². The third-order valence-electron chi connectivity index (χ3n) is 3.74. The zero-order valence-electron chi connectivity index (χ0n) is 13.8. The number of nitrogens with one attached hydrogen (secondary N) is 1. The number of benzene rings is 1. The van der Waals surface area contributed by atoms with Crippen LogP contribution in [0.25, 0.3) is 0 Å². The minimum absolute atomic E-state index is 0.176. The molecule has 2 rings (SSSR count). The Hall–Kier alpha value is -2.08. The highest BCUT2D eigenvalue weighted by Gasteiger charge is 2.50. The van der Waals surface area contributed by atoms with Gasteiger partial charge in [-0.2, -0.15) is 0 Å². The van der Waals surface area contributed by atoms with Gasteiger partial charge in [-0.3, -0.25) is 10.2 Å². The molecule has 126 valence electrons. The molecule has 0 unspecified atom stereocenters. The minimum atomic E-state index is -1.42. The summed E-state index contributed by atoms with van der Waals surface area (Å²) < 4.78 is 5.44. The van der Waals surface area contributed by atoms with E-state index >= 15 is 0 Å². The topological polar surface area (TPSA) is 78.9 Å². The van der Waals surface area contributed by atoms with E-state index in [2.05, 4.69) is 5.32 Å². The van der Waals surface area contributed by atoms with E-state index in [1.807, 2.05) is 30.3 Å². The fraction of sp³-hybridized carbons (Fsp3) is 0.529. The maximum Gasteiger partial charge on any atom is 0.412 e. The summed E-state index contributed by atoms with van der Waals surface area (Å²) in [5.41, 5.74) is -1.25. The monoisotopic (exact) mass is 320 g/mol. The Morgan fingerprint density at radius 3 is 2.43 bits per heavy atom. The summed E-state index contributed by atoms with van der Waals surface area (Å²) in [5.74, 6) is -1.06. The lowest BCUT2D eigenvalue weighted by molar-refractivity contribution is -0.153. The van der Waals surface area contributed by atoms with Gasteiger partial charge in [0.05, 0.1) is 6.54 Å². The normalized spacial score (nSPS) is 21.0. The number of ether oxygens (including phenoxy) is 1. The highest BCUT2D eigenvalue weighted by molar-refractivity contribution is 5.84. The van der Waals surface area contributed by atoms with Crippen LogP contribution in [0, 0.1) is 0 Å². The summed E-state index contributed by atoms with van der Waals surface area (Å²) in [6.07, 6.45) is 0.424. The number of amides is 1. The average Bonchev–Trinajstić information content (AvgIpc) is 2.94. The Kier molecular flexibility index (Phi) is 4.94. The molecule has 6 nitrogen and oxygen atoms in total. The fourth-order valence-electron chi connectivity index (χ4n) is 2.69. The van der Waals surface area contributed by atoms with E-state index in [1.54, 1.807) is 20.8 Å². The molecule has 2 N–H and O–H groups in total. The summed E-state index contributed by atoms with van der Waals surface area (Å²) in [5, 5.41) is 12.7. The molecule has 1 aliphatic rings. The second kappa shape index (κ2) is 6.58. The van der Waals surface area contributed by atoms with Gasteiger partial charge in [-0.25, -0.2) is 9.59 Å². The Bertz CT molecular complexity index is 560. The Balaban J connectivity index is 2.34. The van der Waals surface area contributed by atoms with Crippen molar-refractivity contribution in [1.82, 2.24) is 10.2 Å². The second-order valence-electron chi connectivity index (χ2n) is 6.75. The largest absolute Gasteiger partial charge is 0.478 e. The van der Waals surface area contributed by atoms with Gasteiger partial charge in [0, 0.05) is 0 Å². The van der Waals surface area contributed by atoms with E-state index in [0.29, 0.717) is 19.4 Å². The standard InChI is InChI=1S/C17H24N2O4/c1-16(2,3)23-15(22)19(12-13-8-5-4-6-9-13)17(14(20)21)10-7-11-18-17/h4-6,8-9,18H,7,10-12H2,1-3H3,(H,20,21)/t17-/m1/s1. The van der Waals surface area contributed by atoms with Crippen LogP contribution in [-0.2, 0) is 16.1 Å². The summed E-state index contributed by atoms with van der Waals surface area (Å²) in [4.78, 5) is 25.9. The molecule has 6 heteroatoms. The van der Waals surface area contributed by atoms with Crippen LogP contribution in [0.1, 0.15) is 39.2 Å². The van der Waals surface area contributed by atoms with E-state index in [4.69, 9.17) is 4.74 Å². The van der Waals surface area contributed by atoms with E-state index in [9.17, 15) is 14.7 Å². The average molecular weight is 320 g/mol. The third-order valence-corrected chi connectivity index (χ3v) is 3.74. The molecule has 1 heterocycles. The summed E-state index contributed by atoms with van der Waals surface area (Å²) in [6.45, 7) is 6.03. The minimum Gasteiger partial charge on any atom is -0.478 e. The number of carboxylic acid groups (broad SMARTS) is 1. The molecule has 0 aromatic heterocycles. The van der Waals surface area contributed by atoms with Crippen molar-refractivity contribution in [2.24, 2.45) is 0 Å². The molecule has 1 atom stereocenters. The third kappa shape index (κ3) is 4.01. The first-order chi connectivity index (χ1) is 10.7. The Labute approximate surface area is 136 Å². The van der Waals surface area contributed by atoms with E-state index in [0.717, 1.165) is 5.56 Å². The molecular formula is C17H24N2O4. The molecule has 1 aliphatic heterocycles. The lowest BCUT2D eigenvalue weighted by Crippen LogP contribution is -2.63. The van der Waals surface area contributed by atoms with E-state index < -0.39 is 23.3 Å². The maximum absolute atomic E-state index is 12.7. The van der Waals surface area contributed by atoms with Crippen molar-refractivity contribution in [3.05, 3.63) is 35.9 Å². The number of hydrogen-bond donors (Lipinski definition) is 2. The molecule has 1 saturated heterocycles. The molecule has 0 bridgehead atoms. The predicted octanol–water partition coefficient (Wildman–Crippen LogP) is 2.59. The van der Waals surface area contributed by atoms with Crippen molar-refractivity contribution >= 4 is 12.1 Å². The van der Waals surface area contributed by atoms with Crippen LogP contribution in [0.4, 0.5) is 4.79 Å². The molecule has 1 aromatic rings. The van der Waals surface area contributed by atoms with Crippen molar-refractivity contribution in [2.45, 2.75) is 51.4 Å². The number of nitrogens with zero attached hydrogens (tertiary/aromatic N) is 1. The smallest absolute Gasteiger partial charge is 0.412 e. The van der Waals surface area contributed by atoms with Crippen molar-refractivity contribution in [2.75, 3.05) is 6.54 Å². The molecule has 1 fully saturated rings. The first kappa shape index (κ1) is 17.3. The van der Waals surface area contributed by atoms with Crippen LogP contribution in [0.2, 0.25) is 0 Å². The zero-order chi connectivity index (χ0) is 17.1. The van der Waals surface area contributed by atoms with Gasteiger partial charge in [-0.15, -0.1) is 0 Å². The predicted molar refractivity (Wildman–Crippen MR) is 85.8 cm³/mol. The first-order valence-electron chi connectivity index (χ1n) is 7.77. The lowest BCUT2D eigenvalue weighted by atomic mass is 10.0.